The fraction of sp³-hybridized carbons (Fsp3) is 0.818. The Morgan fingerprint density at radius 3 is 3.07 bits per heavy atom. The SMILES string of the molecule is CCCC(C#N)NC(=O)C1CCCOC1. The maximum Gasteiger partial charge on any atom is 0.226 e. The molecule has 4 nitrogen and oxygen atoms in total. The van der Waals surface area contributed by atoms with Crippen molar-refractivity contribution in [3.63, 3.8) is 0 Å². The maximum atomic E-state index is 11.7. The van der Waals surface area contributed by atoms with Crippen LogP contribution in [-0.2, 0) is 9.53 Å². The molecule has 2 atom stereocenters. The van der Waals surface area contributed by atoms with Crippen LogP contribution >= 0.6 is 0 Å². The van der Waals surface area contributed by atoms with Gasteiger partial charge < -0.3 is 10.1 Å². The maximum absolute atomic E-state index is 11.7. The van der Waals surface area contributed by atoms with Crippen molar-refractivity contribution in [2.45, 2.75) is 38.6 Å². The minimum absolute atomic E-state index is 0.0327. The van der Waals surface area contributed by atoms with E-state index in [-0.39, 0.29) is 17.9 Å². The van der Waals surface area contributed by atoms with Gasteiger partial charge in [-0.05, 0) is 19.3 Å². The van der Waals surface area contributed by atoms with Crippen molar-refractivity contribution in [3.05, 3.63) is 0 Å². The lowest BCUT2D eigenvalue weighted by Gasteiger charge is -2.22. The fourth-order valence-corrected chi connectivity index (χ4v) is 1.69. The Morgan fingerprint density at radius 1 is 1.73 bits per heavy atom. The quantitative estimate of drug-likeness (QED) is 0.759. The van der Waals surface area contributed by atoms with E-state index >= 15 is 0 Å². The van der Waals surface area contributed by atoms with Crippen LogP contribution in [0.2, 0.25) is 0 Å². The van der Waals surface area contributed by atoms with Crippen LogP contribution in [-0.4, -0.2) is 25.2 Å². The van der Waals surface area contributed by atoms with Gasteiger partial charge in [0.2, 0.25) is 5.91 Å². The van der Waals surface area contributed by atoms with Gasteiger partial charge in [-0.25, -0.2) is 0 Å². The molecule has 1 rings (SSSR count). The number of amides is 1. The van der Waals surface area contributed by atoms with E-state index in [4.69, 9.17) is 10.00 Å². The highest BCUT2D eigenvalue weighted by molar-refractivity contribution is 5.79. The summed E-state index contributed by atoms with van der Waals surface area (Å²) in [5, 5.41) is 11.6. The van der Waals surface area contributed by atoms with Crippen LogP contribution in [0.3, 0.4) is 0 Å². The Kier molecular flexibility index (Phi) is 5.13. The largest absolute Gasteiger partial charge is 0.381 e. The van der Waals surface area contributed by atoms with E-state index in [1.807, 2.05) is 6.92 Å². The van der Waals surface area contributed by atoms with Crippen molar-refractivity contribution in [1.29, 1.82) is 5.26 Å². The molecule has 0 spiro atoms. The van der Waals surface area contributed by atoms with Crippen molar-refractivity contribution in [2.75, 3.05) is 13.2 Å². The minimum Gasteiger partial charge on any atom is -0.381 e. The number of nitriles is 1. The minimum atomic E-state index is -0.343. The summed E-state index contributed by atoms with van der Waals surface area (Å²) in [6, 6.07) is 1.76. The summed E-state index contributed by atoms with van der Waals surface area (Å²) >= 11 is 0. The van der Waals surface area contributed by atoms with E-state index in [0.717, 1.165) is 32.3 Å². The first-order chi connectivity index (χ1) is 7.27. The molecule has 4 heteroatoms. The Morgan fingerprint density at radius 2 is 2.53 bits per heavy atom. The van der Waals surface area contributed by atoms with E-state index in [1.54, 1.807) is 0 Å². The number of carbonyl (C=O) groups is 1. The normalized spacial score (nSPS) is 22.8. The lowest BCUT2D eigenvalue weighted by Crippen LogP contribution is -2.40. The number of hydrogen-bond donors (Lipinski definition) is 1. The predicted octanol–water partition coefficient (Wildman–Crippen LogP) is 1.22. The highest BCUT2D eigenvalue weighted by atomic mass is 16.5. The van der Waals surface area contributed by atoms with Crippen LogP contribution in [0.4, 0.5) is 0 Å². The van der Waals surface area contributed by atoms with E-state index in [1.165, 1.54) is 0 Å². The average Bonchev–Trinajstić information content (AvgIpc) is 2.29. The van der Waals surface area contributed by atoms with Crippen molar-refractivity contribution >= 4 is 5.91 Å². The monoisotopic (exact) mass is 210 g/mol. The molecule has 84 valence electrons. The molecule has 0 aromatic carbocycles. The molecule has 2 unspecified atom stereocenters. The third kappa shape index (κ3) is 3.88. The van der Waals surface area contributed by atoms with Gasteiger partial charge in [0, 0.05) is 6.61 Å². The molecular formula is C11H18N2O2. The molecular weight excluding hydrogens is 192 g/mol. The first kappa shape index (κ1) is 12.0. The van der Waals surface area contributed by atoms with Crippen LogP contribution in [0.25, 0.3) is 0 Å². The van der Waals surface area contributed by atoms with E-state index < -0.39 is 0 Å². The molecule has 1 amide bonds. The van der Waals surface area contributed by atoms with Gasteiger partial charge in [-0.15, -0.1) is 0 Å². The van der Waals surface area contributed by atoms with Gasteiger partial charge in [-0.1, -0.05) is 13.3 Å². The standard InChI is InChI=1S/C11H18N2O2/c1-2-4-10(7-12)13-11(14)9-5-3-6-15-8-9/h9-10H,2-6,8H2,1H3,(H,13,14). The second-order valence-electron chi connectivity index (χ2n) is 3.89. The van der Waals surface area contributed by atoms with Gasteiger partial charge in [0.15, 0.2) is 0 Å². The molecule has 0 aromatic heterocycles. The first-order valence-electron chi connectivity index (χ1n) is 5.55. The van der Waals surface area contributed by atoms with Crippen LogP contribution in [0.15, 0.2) is 0 Å². The number of carbonyl (C=O) groups excluding carboxylic acids is 1. The molecule has 1 N–H and O–H groups in total. The number of rotatable bonds is 4. The number of nitrogens with zero attached hydrogens (tertiary/aromatic N) is 1. The molecule has 1 fully saturated rings. The van der Waals surface area contributed by atoms with E-state index in [0.29, 0.717) is 6.61 Å². The summed E-state index contributed by atoms with van der Waals surface area (Å²) in [5.41, 5.74) is 0. The van der Waals surface area contributed by atoms with Crippen molar-refractivity contribution in [1.82, 2.24) is 5.32 Å². The third-order valence-electron chi connectivity index (χ3n) is 2.58. The van der Waals surface area contributed by atoms with Crippen molar-refractivity contribution in [2.24, 2.45) is 5.92 Å². The molecule has 1 aliphatic heterocycles. The van der Waals surface area contributed by atoms with Crippen LogP contribution in [0, 0.1) is 17.2 Å². The smallest absolute Gasteiger partial charge is 0.226 e. The highest BCUT2D eigenvalue weighted by Gasteiger charge is 2.23. The molecule has 1 aliphatic rings. The van der Waals surface area contributed by atoms with Crippen LogP contribution in [0.1, 0.15) is 32.6 Å². The molecule has 0 aliphatic carbocycles. The predicted molar refractivity (Wildman–Crippen MR) is 56.0 cm³/mol. The Balaban J connectivity index is 2.36. The molecule has 1 saturated heterocycles. The summed E-state index contributed by atoms with van der Waals surface area (Å²) in [7, 11) is 0. The second kappa shape index (κ2) is 6.41. The van der Waals surface area contributed by atoms with Gasteiger partial charge in [0.25, 0.3) is 0 Å². The van der Waals surface area contributed by atoms with Crippen molar-refractivity contribution < 1.29 is 9.53 Å². The van der Waals surface area contributed by atoms with Crippen molar-refractivity contribution in [3.8, 4) is 6.07 Å². The molecule has 0 saturated carbocycles. The second-order valence-corrected chi connectivity index (χ2v) is 3.89. The number of hydrogen-bond acceptors (Lipinski definition) is 3. The third-order valence-corrected chi connectivity index (χ3v) is 2.58. The fourth-order valence-electron chi connectivity index (χ4n) is 1.69. The van der Waals surface area contributed by atoms with Gasteiger partial charge in [-0.3, -0.25) is 4.79 Å². The van der Waals surface area contributed by atoms with Crippen LogP contribution in [0.5, 0.6) is 0 Å². The molecule has 0 bridgehead atoms. The lowest BCUT2D eigenvalue weighted by atomic mass is 10.0. The molecule has 0 radical (unpaired) electrons. The Labute approximate surface area is 90.6 Å². The molecule has 1 heterocycles. The van der Waals surface area contributed by atoms with E-state index in [9.17, 15) is 4.79 Å². The van der Waals surface area contributed by atoms with Gasteiger partial charge in [-0.2, -0.15) is 5.26 Å². The van der Waals surface area contributed by atoms with Gasteiger partial charge in [0.05, 0.1) is 18.6 Å². The van der Waals surface area contributed by atoms with Crippen LogP contribution < -0.4 is 5.32 Å². The Bertz CT molecular complexity index is 241. The zero-order valence-corrected chi connectivity index (χ0v) is 9.16. The summed E-state index contributed by atoms with van der Waals surface area (Å²) in [5.74, 6) is -0.0962. The van der Waals surface area contributed by atoms with E-state index in [2.05, 4.69) is 11.4 Å². The van der Waals surface area contributed by atoms with Gasteiger partial charge >= 0.3 is 0 Å². The summed E-state index contributed by atoms with van der Waals surface area (Å²) in [6.07, 6.45) is 3.43. The molecule has 0 aromatic rings. The number of ether oxygens (including phenoxy) is 1. The summed E-state index contributed by atoms with van der Waals surface area (Å²) < 4.78 is 5.23. The zero-order chi connectivity index (χ0) is 11.1. The summed E-state index contributed by atoms with van der Waals surface area (Å²) in [6.45, 7) is 3.25. The topological polar surface area (TPSA) is 62.1 Å². The molecule has 15 heavy (non-hydrogen) atoms. The van der Waals surface area contributed by atoms with Gasteiger partial charge in [0.1, 0.15) is 6.04 Å². The zero-order valence-electron chi connectivity index (χ0n) is 9.16. The lowest BCUT2D eigenvalue weighted by molar-refractivity contribution is -0.129. The summed E-state index contributed by atoms with van der Waals surface area (Å²) in [4.78, 5) is 11.7. The first-order valence-corrected chi connectivity index (χ1v) is 5.55. The highest BCUT2D eigenvalue weighted by Crippen LogP contribution is 2.13. The Hall–Kier alpha value is -1.08. The number of nitrogens with one attached hydrogen (secondary N) is 1. The average molecular weight is 210 g/mol.